The fourth-order valence-corrected chi connectivity index (χ4v) is 1.60. The average molecular weight is 116 g/mol. The van der Waals surface area contributed by atoms with Crippen molar-refractivity contribution in [2.24, 2.45) is 0 Å². The van der Waals surface area contributed by atoms with Gasteiger partial charge >= 0.3 is 0 Å². The molecule has 2 nitrogen and oxygen atoms in total. The number of carbonyl (C=O) groups is 1. The summed E-state index contributed by atoms with van der Waals surface area (Å²) < 4.78 is 4.78. The lowest BCUT2D eigenvalue weighted by Gasteiger charge is -2.08. The van der Waals surface area contributed by atoms with Crippen molar-refractivity contribution in [3.63, 3.8) is 0 Å². The molecule has 1 heterocycles. The van der Waals surface area contributed by atoms with E-state index in [9.17, 15) is 4.79 Å². The molecular weight excluding hydrogens is 108 g/mol. The third-order valence-corrected chi connectivity index (χ3v) is 2.35. The molecule has 1 rings (SSSR count). The van der Waals surface area contributed by atoms with Gasteiger partial charge in [-0.2, -0.15) is 0 Å². The van der Waals surface area contributed by atoms with Crippen LogP contribution in [0.4, 0.5) is 0 Å². The van der Waals surface area contributed by atoms with Crippen molar-refractivity contribution in [3.05, 3.63) is 0 Å². The van der Waals surface area contributed by atoms with Crippen LogP contribution in [0.3, 0.4) is 0 Å². The van der Waals surface area contributed by atoms with Crippen LogP contribution < -0.4 is 0 Å². The predicted molar refractivity (Wildman–Crippen MR) is 28.7 cm³/mol. The molecule has 1 aliphatic heterocycles. The van der Waals surface area contributed by atoms with Crippen molar-refractivity contribution >= 4 is 15.7 Å². The van der Waals surface area contributed by atoms with E-state index in [1.165, 1.54) is 6.04 Å². The van der Waals surface area contributed by atoms with Crippen LogP contribution in [0.2, 0.25) is 6.04 Å². The topological polar surface area (TPSA) is 26.3 Å². The quantitative estimate of drug-likeness (QED) is 0.411. The van der Waals surface area contributed by atoms with E-state index in [1.807, 2.05) is 0 Å². The summed E-state index contributed by atoms with van der Waals surface area (Å²) in [4.78, 5) is 10.3. The first-order valence-corrected chi connectivity index (χ1v) is 4.13. The smallest absolute Gasteiger partial charge is 0.292 e. The molecule has 0 atom stereocenters. The van der Waals surface area contributed by atoms with Gasteiger partial charge in [0.15, 0.2) is 0 Å². The second-order valence-corrected chi connectivity index (χ2v) is 3.08. The van der Waals surface area contributed by atoms with Gasteiger partial charge in [0.1, 0.15) is 0 Å². The minimum atomic E-state index is -0.389. The molecule has 7 heavy (non-hydrogen) atoms. The Morgan fingerprint density at radius 1 is 1.71 bits per heavy atom. The van der Waals surface area contributed by atoms with Gasteiger partial charge in [0.05, 0.1) is 0 Å². The van der Waals surface area contributed by atoms with Gasteiger partial charge in [-0.1, -0.05) is 0 Å². The van der Waals surface area contributed by atoms with Crippen molar-refractivity contribution in [2.75, 3.05) is 0 Å². The van der Waals surface area contributed by atoms with E-state index in [-0.39, 0.29) is 15.7 Å². The van der Waals surface area contributed by atoms with Gasteiger partial charge in [0, 0.05) is 6.42 Å². The molecule has 0 aromatic heterocycles. The van der Waals surface area contributed by atoms with Crippen LogP contribution in [0.5, 0.6) is 0 Å². The Kier molecular flexibility index (Phi) is 1.46. The maximum absolute atomic E-state index is 10.3. The molecule has 0 N–H and O–H groups in total. The monoisotopic (exact) mass is 116 g/mol. The normalized spacial score (nSPS) is 24.9. The van der Waals surface area contributed by atoms with Gasteiger partial charge in [0.25, 0.3) is 5.97 Å². The van der Waals surface area contributed by atoms with Crippen molar-refractivity contribution in [1.82, 2.24) is 0 Å². The highest BCUT2D eigenvalue weighted by atomic mass is 28.2. The van der Waals surface area contributed by atoms with E-state index in [4.69, 9.17) is 4.43 Å². The lowest BCUT2D eigenvalue weighted by molar-refractivity contribution is -0.135. The second kappa shape index (κ2) is 2.11. The summed E-state index contributed by atoms with van der Waals surface area (Å²) >= 11 is 0. The zero-order valence-corrected chi connectivity index (χ0v) is 5.56. The van der Waals surface area contributed by atoms with Crippen LogP contribution in [0.15, 0.2) is 0 Å². The van der Waals surface area contributed by atoms with Gasteiger partial charge in [0.2, 0.25) is 9.76 Å². The Labute approximate surface area is 44.8 Å². The Morgan fingerprint density at radius 2 is 2.57 bits per heavy atom. The molecule has 40 valence electrons. The highest BCUT2D eigenvalue weighted by Gasteiger charge is 2.07. The number of hydrogen-bond acceptors (Lipinski definition) is 2. The Balaban J connectivity index is 2.25. The first-order valence-electron chi connectivity index (χ1n) is 2.55. The van der Waals surface area contributed by atoms with E-state index in [2.05, 4.69) is 0 Å². The van der Waals surface area contributed by atoms with Crippen LogP contribution in [-0.4, -0.2) is 15.7 Å². The first-order chi connectivity index (χ1) is 3.39. The van der Waals surface area contributed by atoms with E-state index in [0.717, 1.165) is 6.42 Å². The largest absolute Gasteiger partial charge is 0.525 e. The maximum atomic E-state index is 10.3. The van der Waals surface area contributed by atoms with Crippen LogP contribution in [-0.2, 0) is 9.22 Å². The van der Waals surface area contributed by atoms with E-state index >= 15 is 0 Å². The molecule has 1 aliphatic rings. The molecule has 0 bridgehead atoms. The van der Waals surface area contributed by atoms with E-state index < -0.39 is 0 Å². The molecule has 3 heteroatoms. The number of hydrogen-bond donors (Lipinski definition) is 0. The molecule has 0 radical (unpaired) electrons. The lowest BCUT2D eigenvalue weighted by atomic mass is 10.3. The Morgan fingerprint density at radius 3 is 2.86 bits per heavy atom. The molecule has 1 fully saturated rings. The molecule has 0 aromatic rings. The molecule has 1 saturated heterocycles. The molecule has 0 aliphatic carbocycles. The summed E-state index contributed by atoms with van der Waals surface area (Å²) in [6.45, 7) is 0. The number of carbonyl (C=O) groups excluding carboxylic acids is 1. The lowest BCUT2D eigenvalue weighted by Crippen LogP contribution is -2.13. The van der Waals surface area contributed by atoms with Crippen molar-refractivity contribution in [3.8, 4) is 0 Å². The zero-order valence-electron chi connectivity index (χ0n) is 4.14. The summed E-state index contributed by atoms with van der Waals surface area (Å²) in [7, 11) is -0.389. The van der Waals surface area contributed by atoms with Crippen molar-refractivity contribution in [2.45, 2.75) is 18.9 Å². The van der Waals surface area contributed by atoms with E-state index in [0.29, 0.717) is 6.42 Å². The Hall–Kier alpha value is -0.313. The highest BCUT2D eigenvalue weighted by Crippen LogP contribution is 2.03. The van der Waals surface area contributed by atoms with Crippen molar-refractivity contribution < 1.29 is 9.22 Å². The minimum absolute atomic E-state index is 0.0258. The van der Waals surface area contributed by atoms with E-state index in [1.54, 1.807) is 0 Å². The minimum Gasteiger partial charge on any atom is -0.525 e. The van der Waals surface area contributed by atoms with Gasteiger partial charge in [-0.05, 0) is 12.5 Å². The fraction of sp³-hybridized carbons (Fsp3) is 0.750. The van der Waals surface area contributed by atoms with Gasteiger partial charge < -0.3 is 4.43 Å². The van der Waals surface area contributed by atoms with Crippen LogP contribution in [0, 0.1) is 0 Å². The molecule has 0 aromatic carbocycles. The molecule has 0 amide bonds. The van der Waals surface area contributed by atoms with Gasteiger partial charge in [-0.25, -0.2) is 0 Å². The third-order valence-electron chi connectivity index (χ3n) is 1.04. The fourth-order valence-electron chi connectivity index (χ4n) is 0.630. The van der Waals surface area contributed by atoms with Crippen LogP contribution in [0.25, 0.3) is 0 Å². The zero-order chi connectivity index (χ0) is 5.11. The molecule has 0 unspecified atom stereocenters. The molecule has 0 saturated carbocycles. The third kappa shape index (κ3) is 1.31. The van der Waals surface area contributed by atoms with Gasteiger partial charge in [-0.15, -0.1) is 0 Å². The standard InChI is InChI=1S/C4H8O2Si/c5-4-2-1-3-7-6-4/h1-3,7H2. The summed E-state index contributed by atoms with van der Waals surface area (Å²) in [5.41, 5.74) is 0. The summed E-state index contributed by atoms with van der Waals surface area (Å²) in [6, 6.07) is 1.19. The summed E-state index contributed by atoms with van der Waals surface area (Å²) in [5.74, 6) is 0.0258. The predicted octanol–water partition coefficient (Wildman–Crippen LogP) is -0.175. The highest BCUT2D eigenvalue weighted by molar-refractivity contribution is 6.31. The summed E-state index contributed by atoms with van der Waals surface area (Å²) in [6.07, 6.45) is 1.73. The average Bonchev–Trinajstić information content (AvgIpc) is 1.69. The second-order valence-electron chi connectivity index (χ2n) is 1.68. The maximum Gasteiger partial charge on any atom is 0.292 e. The van der Waals surface area contributed by atoms with Gasteiger partial charge in [-0.3, -0.25) is 4.79 Å². The molecular formula is C4H8O2Si. The van der Waals surface area contributed by atoms with Crippen LogP contribution >= 0.6 is 0 Å². The summed E-state index contributed by atoms with van der Waals surface area (Å²) in [5, 5.41) is 0. The molecule has 0 spiro atoms. The van der Waals surface area contributed by atoms with Crippen LogP contribution in [0.1, 0.15) is 12.8 Å². The Bertz CT molecular complexity index is 73.8. The number of rotatable bonds is 0. The van der Waals surface area contributed by atoms with Crippen molar-refractivity contribution in [1.29, 1.82) is 0 Å². The first kappa shape index (κ1) is 4.84. The SMILES string of the molecule is O=C1CCC[SiH2]O1.